The Hall–Kier alpha value is -1.50. The third-order valence-corrected chi connectivity index (χ3v) is 4.07. The molecule has 2 heterocycles. The Morgan fingerprint density at radius 3 is 2.47 bits per heavy atom. The van der Waals surface area contributed by atoms with Gasteiger partial charge in [0.1, 0.15) is 5.01 Å². The molecule has 19 heavy (non-hydrogen) atoms. The Labute approximate surface area is 115 Å². The fraction of sp³-hybridized carbons (Fsp3) is 0.667. The molecule has 1 aliphatic rings. The number of likely N-dealkylation sites (tertiary alicyclic amines) is 1. The lowest BCUT2D eigenvalue weighted by atomic mass is 10.2. The van der Waals surface area contributed by atoms with Gasteiger partial charge in [0.15, 0.2) is 0 Å². The summed E-state index contributed by atoms with van der Waals surface area (Å²) < 4.78 is 0. The molecule has 7 heteroatoms. The third kappa shape index (κ3) is 3.99. The molecule has 0 saturated carbocycles. The van der Waals surface area contributed by atoms with Crippen LogP contribution in [0.15, 0.2) is 0 Å². The number of carboxylic acid groups (broad SMARTS) is 1. The number of hydrogen-bond donors (Lipinski definition) is 1. The van der Waals surface area contributed by atoms with Crippen LogP contribution in [0.25, 0.3) is 0 Å². The lowest BCUT2D eigenvalue weighted by Crippen LogP contribution is -2.31. The van der Waals surface area contributed by atoms with Crippen LogP contribution >= 0.6 is 11.3 Å². The zero-order valence-corrected chi connectivity index (χ0v) is 11.5. The fourth-order valence-corrected chi connectivity index (χ4v) is 2.87. The quantitative estimate of drug-likeness (QED) is 0.906. The van der Waals surface area contributed by atoms with E-state index in [0.29, 0.717) is 16.4 Å². The predicted octanol–water partition coefficient (Wildman–Crippen LogP) is 1.57. The van der Waals surface area contributed by atoms with Crippen LogP contribution in [0, 0.1) is 0 Å². The summed E-state index contributed by atoms with van der Waals surface area (Å²) in [6.45, 7) is 1.56. The van der Waals surface area contributed by atoms with E-state index in [-0.39, 0.29) is 12.3 Å². The molecule has 0 spiro atoms. The monoisotopic (exact) mass is 283 g/mol. The number of aliphatic carboxylic acids is 1. The summed E-state index contributed by atoms with van der Waals surface area (Å²) in [5.74, 6) is -0.934. The van der Waals surface area contributed by atoms with Crippen LogP contribution in [-0.2, 0) is 11.2 Å². The van der Waals surface area contributed by atoms with Gasteiger partial charge in [-0.1, -0.05) is 24.2 Å². The van der Waals surface area contributed by atoms with E-state index in [4.69, 9.17) is 5.11 Å². The van der Waals surface area contributed by atoms with Crippen molar-refractivity contribution < 1.29 is 14.7 Å². The molecule has 1 aliphatic heterocycles. The van der Waals surface area contributed by atoms with E-state index in [0.717, 1.165) is 25.9 Å². The Morgan fingerprint density at radius 2 is 1.84 bits per heavy atom. The maximum absolute atomic E-state index is 12.2. The summed E-state index contributed by atoms with van der Waals surface area (Å²) in [7, 11) is 0. The average molecular weight is 283 g/mol. The maximum atomic E-state index is 12.2. The minimum absolute atomic E-state index is 0.0204. The Bertz CT molecular complexity index is 453. The van der Waals surface area contributed by atoms with Crippen molar-refractivity contribution in [2.75, 3.05) is 13.1 Å². The first-order valence-electron chi connectivity index (χ1n) is 6.50. The first-order chi connectivity index (χ1) is 9.16. The molecule has 0 radical (unpaired) electrons. The number of nitrogens with zero attached hydrogens (tertiary/aromatic N) is 3. The van der Waals surface area contributed by atoms with Crippen molar-refractivity contribution >= 4 is 23.2 Å². The molecule has 0 bridgehead atoms. The van der Waals surface area contributed by atoms with Crippen molar-refractivity contribution in [2.24, 2.45) is 0 Å². The fourth-order valence-electron chi connectivity index (χ4n) is 2.06. The van der Waals surface area contributed by atoms with Crippen molar-refractivity contribution in [3.05, 3.63) is 10.0 Å². The lowest BCUT2D eigenvalue weighted by Gasteiger charge is -2.18. The molecule has 0 unspecified atom stereocenters. The molecule has 1 fully saturated rings. The summed E-state index contributed by atoms with van der Waals surface area (Å²) in [4.78, 5) is 24.5. The normalized spacial score (nSPS) is 16.1. The van der Waals surface area contributed by atoms with Gasteiger partial charge in [-0.3, -0.25) is 9.59 Å². The second-order valence-corrected chi connectivity index (χ2v) is 5.66. The summed E-state index contributed by atoms with van der Waals surface area (Å²) >= 11 is 1.21. The molecule has 1 amide bonds. The number of carbonyl (C=O) groups excluding carboxylic acids is 1. The van der Waals surface area contributed by atoms with E-state index in [2.05, 4.69) is 10.2 Å². The summed E-state index contributed by atoms with van der Waals surface area (Å²) in [5, 5.41) is 17.4. The minimum atomic E-state index is -0.865. The zero-order valence-electron chi connectivity index (χ0n) is 10.7. The van der Waals surface area contributed by atoms with Crippen LogP contribution in [0.1, 0.15) is 46.9 Å². The molecule has 2 rings (SSSR count). The number of rotatable bonds is 4. The number of hydrogen-bond acceptors (Lipinski definition) is 5. The van der Waals surface area contributed by atoms with Crippen molar-refractivity contribution in [3.8, 4) is 0 Å². The van der Waals surface area contributed by atoms with E-state index in [1.165, 1.54) is 24.2 Å². The molecule has 0 aliphatic carbocycles. The van der Waals surface area contributed by atoms with Gasteiger partial charge in [-0.15, -0.1) is 10.2 Å². The first-order valence-corrected chi connectivity index (χ1v) is 7.32. The number of aromatic nitrogens is 2. The summed E-state index contributed by atoms with van der Waals surface area (Å²) in [6, 6.07) is 0. The van der Waals surface area contributed by atoms with E-state index in [1.807, 2.05) is 4.90 Å². The lowest BCUT2D eigenvalue weighted by molar-refractivity contribution is -0.136. The largest absolute Gasteiger partial charge is 0.481 e. The van der Waals surface area contributed by atoms with Gasteiger partial charge in [0.05, 0.1) is 6.42 Å². The second-order valence-electron chi connectivity index (χ2n) is 4.60. The van der Waals surface area contributed by atoms with Gasteiger partial charge >= 0.3 is 5.97 Å². The number of amides is 1. The molecule has 0 atom stereocenters. The summed E-state index contributed by atoms with van der Waals surface area (Å²) in [5.41, 5.74) is 0. The molecule has 104 valence electrons. The topological polar surface area (TPSA) is 83.4 Å². The van der Waals surface area contributed by atoms with Crippen LogP contribution in [0.2, 0.25) is 0 Å². The van der Waals surface area contributed by atoms with Crippen LogP contribution < -0.4 is 0 Å². The van der Waals surface area contributed by atoms with Crippen LogP contribution in [0.4, 0.5) is 0 Å². The van der Waals surface area contributed by atoms with E-state index in [1.54, 1.807) is 0 Å². The third-order valence-electron chi connectivity index (χ3n) is 3.10. The highest BCUT2D eigenvalue weighted by Gasteiger charge is 2.21. The number of carbonyl (C=O) groups is 2. The SMILES string of the molecule is O=C(O)CCc1nnc(C(=O)N2CCCCCC2)s1. The molecule has 1 N–H and O–H groups in total. The van der Waals surface area contributed by atoms with Crippen LogP contribution in [-0.4, -0.2) is 45.2 Å². The van der Waals surface area contributed by atoms with Crippen molar-refractivity contribution in [2.45, 2.75) is 38.5 Å². The van der Waals surface area contributed by atoms with Crippen molar-refractivity contribution in [1.29, 1.82) is 0 Å². The first kappa shape index (κ1) is 13.9. The molecule has 1 saturated heterocycles. The van der Waals surface area contributed by atoms with E-state index >= 15 is 0 Å². The Kier molecular flexibility index (Phi) is 4.84. The van der Waals surface area contributed by atoms with Crippen molar-refractivity contribution in [3.63, 3.8) is 0 Å². The Balaban J connectivity index is 1.96. The minimum Gasteiger partial charge on any atom is -0.481 e. The molecular formula is C12H17N3O3S. The number of carboxylic acids is 1. The predicted molar refractivity (Wildman–Crippen MR) is 70.2 cm³/mol. The maximum Gasteiger partial charge on any atom is 0.303 e. The smallest absolute Gasteiger partial charge is 0.303 e. The molecule has 1 aromatic heterocycles. The summed E-state index contributed by atoms with van der Waals surface area (Å²) in [6.07, 6.45) is 4.77. The van der Waals surface area contributed by atoms with Gasteiger partial charge in [0.2, 0.25) is 5.01 Å². The van der Waals surface area contributed by atoms with Crippen LogP contribution in [0.5, 0.6) is 0 Å². The van der Waals surface area contributed by atoms with E-state index < -0.39 is 5.97 Å². The van der Waals surface area contributed by atoms with Gasteiger partial charge in [0, 0.05) is 19.5 Å². The zero-order chi connectivity index (χ0) is 13.7. The standard InChI is InChI=1S/C12H17N3O3S/c16-10(17)6-5-9-13-14-11(19-9)12(18)15-7-3-1-2-4-8-15/h1-8H2,(H,16,17). The molecule has 6 nitrogen and oxygen atoms in total. The molecule has 1 aromatic rings. The van der Waals surface area contributed by atoms with Crippen molar-refractivity contribution in [1.82, 2.24) is 15.1 Å². The van der Waals surface area contributed by atoms with Gasteiger partial charge in [0.25, 0.3) is 5.91 Å². The molecular weight excluding hydrogens is 266 g/mol. The van der Waals surface area contributed by atoms with Gasteiger partial charge < -0.3 is 10.0 Å². The van der Waals surface area contributed by atoms with E-state index in [9.17, 15) is 9.59 Å². The number of aryl methyl sites for hydroxylation is 1. The highest BCUT2D eigenvalue weighted by Crippen LogP contribution is 2.17. The van der Waals surface area contributed by atoms with Crippen LogP contribution in [0.3, 0.4) is 0 Å². The molecule has 0 aromatic carbocycles. The highest BCUT2D eigenvalue weighted by atomic mass is 32.1. The van der Waals surface area contributed by atoms with Gasteiger partial charge in [-0.05, 0) is 12.8 Å². The van der Waals surface area contributed by atoms with Gasteiger partial charge in [-0.2, -0.15) is 0 Å². The Morgan fingerprint density at radius 1 is 1.16 bits per heavy atom. The second kappa shape index (κ2) is 6.60. The highest BCUT2D eigenvalue weighted by molar-refractivity contribution is 7.13. The average Bonchev–Trinajstić information content (AvgIpc) is 2.69. The van der Waals surface area contributed by atoms with Gasteiger partial charge in [-0.25, -0.2) is 0 Å².